The molecule has 4 nitrogen and oxygen atoms in total. The summed E-state index contributed by atoms with van der Waals surface area (Å²) in [6.07, 6.45) is 1.50. The van der Waals surface area contributed by atoms with Crippen molar-refractivity contribution in [2.24, 2.45) is 11.8 Å². The van der Waals surface area contributed by atoms with Crippen LogP contribution >= 0.6 is 11.6 Å². The molecule has 1 N–H and O–H groups in total. The zero-order chi connectivity index (χ0) is 14.5. The van der Waals surface area contributed by atoms with Gasteiger partial charge in [-0.2, -0.15) is 0 Å². The van der Waals surface area contributed by atoms with E-state index >= 15 is 0 Å². The number of fused-ring (bicyclic) bond motifs is 1. The van der Waals surface area contributed by atoms with Crippen LogP contribution in [-0.2, 0) is 0 Å². The largest absolute Gasteiger partial charge is 0.324 e. The van der Waals surface area contributed by atoms with Crippen molar-refractivity contribution in [3.63, 3.8) is 0 Å². The molecular weight excluding hydrogens is 295 g/mol. The monoisotopic (exact) mass is 305 g/mol. The lowest BCUT2D eigenvalue weighted by molar-refractivity contribution is 0.0855. The highest BCUT2D eigenvalue weighted by atomic mass is 35.5. The maximum atomic E-state index is 13.2. The number of hydrogen-bond acceptors (Lipinski definition) is 2. The third kappa shape index (κ3) is 2.19. The predicted molar refractivity (Wildman–Crippen MR) is 66.3 cm³/mol. The van der Waals surface area contributed by atoms with Crippen LogP contribution in [0.15, 0.2) is 12.3 Å². The van der Waals surface area contributed by atoms with Crippen LogP contribution in [0, 0.1) is 17.7 Å². The number of aromatic nitrogens is 1. The lowest BCUT2D eigenvalue weighted by atomic mass is 10.1. The molecule has 8 heteroatoms. The molecule has 0 bridgehead atoms. The Morgan fingerprint density at radius 2 is 2.25 bits per heavy atom. The SMILES string of the molecule is O=C(Nc1cnc(Cl)c(F)c1)N1CCC2C(C1)C2(F)F. The second-order valence-corrected chi connectivity index (χ2v) is 5.41. The maximum Gasteiger partial charge on any atom is 0.321 e. The third-order valence-corrected chi connectivity index (χ3v) is 4.11. The van der Waals surface area contributed by atoms with Crippen LogP contribution in [0.2, 0.25) is 5.15 Å². The van der Waals surface area contributed by atoms with Gasteiger partial charge in [0.1, 0.15) is 0 Å². The fourth-order valence-corrected chi connectivity index (χ4v) is 2.71. The molecule has 1 saturated heterocycles. The quantitative estimate of drug-likeness (QED) is 0.811. The fraction of sp³-hybridized carbons (Fsp3) is 0.500. The molecule has 108 valence electrons. The molecule has 0 spiro atoms. The second-order valence-electron chi connectivity index (χ2n) is 5.05. The summed E-state index contributed by atoms with van der Waals surface area (Å²) in [7, 11) is 0. The average molecular weight is 306 g/mol. The van der Waals surface area contributed by atoms with Gasteiger partial charge in [-0.3, -0.25) is 0 Å². The molecule has 0 aromatic carbocycles. The molecule has 2 aliphatic rings. The van der Waals surface area contributed by atoms with Crippen molar-refractivity contribution >= 4 is 23.3 Å². The van der Waals surface area contributed by atoms with Gasteiger partial charge in [-0.25, -0.2) is 22.9 Å². The summed E-state index contributed by atoms with van der Waals surface area (Å²) in [5.41, 5.74) is 0.140. The van der Waals surface area contributed by atoms with Gasteiger partial charge in [0.2, 0.25) is 0 Å². The third-order valence-electron chi connectivity index (χ3n) is 3.83. The number of nitrogens with one attached hydrogen (secondary N) is 1. The van der Waals surface area contributed by atoms with E-state index in [0.717, 1.165) is 6.07 Å². The standard InChI is InChI=1S/C12H11ClF3N3O/c13-10-9(14)3-6(4-17-10)18-11(20)19-2-1-7-8(5-19)12(7,15)16/h3-4,7-8H,1-2,5H2,(H,18,20). The van der Waals surface area contributed by atoms with Gasteiger partial charge in [-0.15, -0.1) is 0 Å². The van der Waals surface area contributed by atoms with Gasteiger partial charge >= 0.3 is 6.03 Å². The Bertz CT molecular complexity index is 569. The molecule has 20 heavy (non-hydrogen) atoms. The molecule has 2 heterocycles. The average Bonchev–Trinajstić information content (AvgIpc) is 2.96. The summed E-state index contributed by atoms with van der Waals surface area (Å²) >= 11 is 5.43. The number of carbonyl (C=O) groups excluding carboxylic acids is 1. The van der Waals surface area contributed by atoms with Crippen LogP contribution in [0.3, 0.4) is 0 Å². The van der Waals surface area contributed by atoms with Gasteiger partial charge < -0.3 is 10.2 Å². The molecule has 3 rings (SSSR count). The van der Waals surface area contributed by atoms with Crippen molar-refractivity contribution in [2.75, 3.05) is 18.4 Å². The Hall–Kier alpha value is -1.50. The number of carbonyl (C=O) groups is 1. The van der Waals surface area contributed by atoms with Gasteiger partial charge in [-0.05, 0) is 6.42 Å². The predicted octanol–water partition coefficient (Wildman–Crippen LogP) is 2.99. The summed E-state index contributed by atoms with van der Waals surface area (Å²) < 4.78 is 39.6. The second kappa shape index (κ2) is 4.51. The number of alkyl halides is 2. The number of nitrogens with zero attached hydrogens (tertiary/aromatic N) is 2. The molecule has 1 saturated carbocycles. The first-order valence-corrected chi connectivity index (χ1v) is 6.52. The van der Waals surface area contributed by atoms with E-state index in [4.69, 9.17) is 11.6 Å². The summed E-state index contributed by atoms with van der Waals surface area (Å²) in [6, 6.07) is 0.501. The Morgan fingerprint density at radius 1 is 1.50 bits per heavy atom. The molecular formula is C12H11ClF3N3O. The molecule has 1 aliphatic heterocycles. The number of anilines is 1. The highest BCUT2D eigenvalue weighted by Gasteiger charge is 2.69. The van der Waals surface area contributed by atoms with E-state index in [-0.39, 0.29) is 30.4 Å². The minimum atomic E-state index is -2.65. The van der Waals surface area contributed by atoms with Crippen molar-refractivity contribution in [2.45, 2.75) is 12.3 Å². The molecule has 1 aromatic rings. The van der Waals surface area contributed by atoms with Crippen LogP contribution in [0.5, 0.6) is 0 Å². The number of rotatable bonds is 1. The fourth-order valence-electron chi connectivity index (χ4n) is 2.60. The maximum absolute atomic E-state index is 13.2. The Morgan fingerprint density at radius 3 is 2.90 bits per heavy atom. The van der Waals surface area contributed by atoms with Crippen molar-refractivity contribution in [3.05, 3.63) is 23.2 Å². The van der Waals surface area contributed by atoms with E-state index in [1.165, 1.54) is 11.1 Å². The molecule has 1 aliphatic carbocycles. The van der Waals surface area contributed by atoms with Crippen molar-refractivity contribution in [1.82, 2.24) is 9.88 Å². The summed E-state index contributed by atoms with van der Waals surface area (Å²) in [5, 5.41) is 2.14. The van der Waals surface area contributed by atoms with Gasteiger partial charge in [0.05, 0.1) is 11.9 Å². The number of halogens is 4. The summed E-state index contributed by atoms with van der Waals surface area (Å²) in [4.78, 5) is 16.8. The lowest BCUT2D eigenvalue weighted by Crippen LogP contribution is -2.40. The molecule has 2 atom stereocenters. The summed E-state index contributed by atoms with van der Waals surface area (Å²) in [6.45, 7) is 0.291. The van der Waals surface area contributed by atoms with E-state index < -0.39 is 29.6 Å². The topological polar surface area (TPSA) is 45.2 Å². The normalized spacial score (nSPS) is 26.9. The number of amides is 2. The Kier molecular flexibility index (Phi) is 3.04. The zero-order valence-electron chi connectivity index (χ0n) is 10.2. The summed E-state index contributed by atoms with van der Waals surface area (Å²) in [5.74, 6) is -4.75. The van der Waals surface area contributed by atoms with E-state index in [2.05, 4.69) is 10.3 Å². The highest BCUT2D eigenvalue weighted by Crippen LogP contribution is 2.59. The Balaban J connectivity index is 1.64. The van der Waals surface area contributed by atoms with Gasteiger partial charge in [0, 0.05) is 31.0 Å². The number of urea groups is 1. The number of pyridine rings is 1. The van der Waals surface area contributed by atoms with Crippen molar-refractivity contribution in [3.8, 4) is 0 Å². The minimum Gasteiger partial charge on any atom is -0.324 e. The first-order chi connectivity index (χ1) is 9.39. The Labute approximate surface area is 117 Å². The first-order valence-electron chi connectivity index (χ1n) is 6.14. The smallest absolute Gasteiger partial charge is 0.321 e. The van der Waals surface area contributed by atoms with E-state index in [0.29, 0.717) is 0 Å². The van der Waals surface area contributed by atoms with Crippen LogP contribution < -0.4 is 5.32 Å². The first kappa shape index (κ1) is 13.5. The number of hydrogen-bond donors (Lipinski definition) is 1. The van der Waals surface area contributed by atoms with Gasteiger partial charge in [0.15, 0.2) is 11.0 Å². The molecule has 2 fully saturated rings. The van der Waals surface area contributed by atoms with E-state index in [1.807, 2.05) is 0 Å². The highest BCUT2D eigenvalue weighted by molar-refractivity contribution is 6.29. The van der Waals surface area contributed by atoms with Gasteiger partial charge in [0.25, 0.3) is 5.92 Å². The molecule has 1 aromatic heterocycles. The van der Waals surface area contributed by atoms with Gasteiger partial charge in [-0.1, -0.05) is 11.6 Å². The lowest BCUT2D eigenvalue weighted by Gasteiger charge is -2.25. The van der Waals surface area contributed by atoms with Crippen LogP contribution in [0.25, 0.3) is 0 Å². The van der Waals surface area contributed by atoms with E-state index in [9.17, 15) is 18.0 Å². The number of piperidine rings is 1. The molecule has 2 unspecified atom stereocenters. The molecule has 0 radical (unpaired) electrons. The number of likely N-dealkylation sites (tertiary alicyclic amines) is 1. The van der Waals surface area contributed by atoms with Crippen molar-refractivity contribution < 1.29 is 18.0 Å². The minimum absolute atomic E-state index is 0.0208. The van der Waals surface area contributed by atoms with Crippen LogP contribution in [0.4, 0.5) is 23.7 Å². The van der Waals surface area contributed by atoms with E-state index in [1.54, 1.807) is 0 Å². The van der Waals surface area contributed by atoms with Crippen LogP contribution in [-0.4, -0.2) is 34.9 Å². The molecule has 2 amide bonds. The van der Waals surface area contributed by atoms with Crippen LogP contribution in [0.1, 0.15) is 6.42 Å². The zero-order valence-corrected chi connectivity index (χ0v) is 11.0. The van der Waals surface area contributed by atoms with Crippen molar-refractivity contribution in [1.29, 1.82) is 0 Å².